The van der Waals surface area contributed by atoms with Crippen molar-refractivity contribution < 1.29 is 4.74 Å². The third-order valence-corrected chi connectivity index (χ3v) is 5.42. The van der Waals surface area contributed by atoms with Crippen molar-refractivity contribution in [3.63, 3.8) is 0 Å². The molecule has 4 rings (SSSR count). The van der Waals surface area contributed by atoms with Crippen LogP contribution in [0.2, 0.25) is 0 Å². The highest BCUT2D eigenvalue weighted by molar-refractivity contribution is 9.10. The van der Waals surface area contributed by atoms with Gasteiger partial charge in [-0.25, -0.2) is 4.98 Å². The molecule has 4 aromatic rings. The van der Waals surface area contributed by atoms with E-state index < -0.39 is 0 Å². The zero-order valence-corrected chi connectivity index (χ0v) is 17.9. The first-order valence-electron chi connectivity index (χ1n) is 9.03. The van der Waals surface area contributed by atoms with Crippen LogP contribution in [-0.4, -0.2) is 11.2 Å². The van der Waals surface area contributed by atoms with Crippen LogP contribution in [0.15, 0.2) is 93.8 Å². The van der Waals surface area contributed by atoms with Gasteiger partial charge in [0.2, 0.25) is 5.13 Å². The fourth-order valence-corrected chi connectivity index (χ4v) is 3.56. The zero-order chi connectivity index (χ0) is 19.9. The molecule has 0 fully saturated rings. The van der Waals surface area contributed by atoms with Gasteiger partial charge >= 0.3 is 0 Å². The number of ether oxygens (including phenoxy) is 1. The first-order chi connectivity index (χ1) is 14.3. The maximum absolute atomic E-state index is 5.80. The van der Waals surface area contributed by atoms with Crippen molar-refractivity contribution in [1.29, 1.82) is 0 Å². The van der Waals surface area contributed by atoms with Gasteiger partial charge in [0.1, 0.15) is 12.4 Å². The molecule has 0 aliphatic carbocycles. The van der Waals surface area contributed by atoms with Crippen molar-refractivity contribution >= 4 is 38.6 Å². The summed E-state index contributed by atoms with van der Waals surface area (Å²) in [6, 6.07) is 26.0. The van der Waals surface area contributed by atoms with Gasteiger partial charge < -0.3 is 4.74 Å². The van der Waals surface area contributed by atoms with E-state index in [-0.39, 0.29) is 0 Å². The van der Waals surface area contributed by atoms with E-state index >= 15 is 0 Å². The lowest BCUT2D eigenvalue weighted by molar-refractivity contribution is 0.306. The predicted octanol–water partition coefficient (Wildman–Crippen LogP) is 6.60. The third-order valence-electron chi connectivity index (χ3n) is 4.15. The Bertz CT molecular complexity index is 1080. The van der Waals surface area contributed by atoms with Gasteiger partial charge in [-0.05, 0) is 47.5 Å². The minimum absolute atomic E-state index is 0.556. The fraction of sp³-hybridized carbons (Fsp3) is 0.0435. The molecule has 4 nitrogen and oxygen atoms in total. The number of anilines is 1. The molecule has 1 N–H and O–H groups in total. The molecule has 0 saturated carbocycles. The quantitative estimate of drug-likeness (QED) is 0.248. The molecule has 1 aromatic heterocycles. The third kappa shape index (κ3) is 5.53. The largest absolute Gasteiger partial charge is 0.489 e. The van der Waals surface area contributed by atoms with Crippen molar-refractivity contribution in [3.8, 4) is 17.0 Å². The van der Waals surface area contributed by atoms with Crippen molar-refractivity contribution in [1.82, 2.24) is 4.98 Å². The summed E-state index contributed by atoms with van der Waals surface area (Å²) < 4.78 is 6.85. The molecule has 0 saturated heterocycles. The number of aromatic nitrogens is 1. The highest BCUT2D eigenvalue weighted by atomic mass is 79.9. The zero-order valence-electron chi connectivity index (χ0n) is 15.5. The Kier molecular flexibility index (Phi) is 6.34. The molecule has 0 aliphatic heterocycles. The second kappa shape index (κ2) is 9.49. The van der Waals surface area contributed by atoms with Gasteiger partial charge in [0.25, 0.3) is 0 Å². The molecular weight excluding hydrogens is 446 g/mol. The number of nitrogens with zero attached hydrogens (tertiary/aromatic N) is 2. The van der Waals surface area contributed by atoms with Crippen molar-refractivity contribution in [2.24, 2.45) is 5.10 Å². The summed E-state index contributed by atoms with van der Waals surface area (Å²) in [4.78, 5) is 4.57. The smallest absolute Gasteiger partial charge is 0.203 e. The van der Waals surface area contributed by atoms with E-state index in [9.17, 15) is 0 Å². The van der Waals surface area contributed by atoms with Crippen LogP contribution in [0.3, 0.4) is 0 Å². The van der Waals surface area contributed by atoms with Gasteiger partial charge in [-0.3, -0.25) is 5.43 Å². The monoisotopic (exact) mass is 463 g/mol. The van der Waals surface area contributed by atoms with Gasteiger partial charge in [-0.2, -0.15) is 5.10 Å². The lowest BCUT2D eigenvalue weighted by atomic mass is 10.2. The van der Waals surface area contributed by atoms with E-state index in [0.29, 0.717) is 6.61 Å². The van der Waals surface area contributed by atoms with E-state index in [4.69, 9.17) is 4.74 Å². The predicted molar refractivity (Wildman–Crippen MR) is 124 cm³/mol. The van der Waals surface area contributed by atoms with Crippen LogP contribution in [0.4, 0.5) is 5.13 Å². The molecule has 0 unspecified atom stereocenters. The van der Waals surface area contributed by atoms with E-state index in [0.717, 1.165) is 37.7 Å². The number of hydrazone groups is 1. The van der Waals surface area contributed by atoms with Crippen molar-refractivity contribution in [2.75, 3.05) is 5.43 Å². The molecule has 6 heteroatoms. The Balaban J connectivity index is 1.31. The maximum Gasteiger partial charge on any atom is 0.203 e. The summed E-state index contributed by atoms with van der Waals surface area (Å²) in [5.74, 6) is 0.832. The standard InChI is InChI=1S/C23H18BrN3OS/c24-20-10-8-19(9-11-20)22-16-29-23(26-22)27-25-14-17-6-12-21(13-7-17)28-15-18-4-2-1-3-5-18/h1-14,16H,15H2,(H,26,27)/b25-14+. The summed E-state index contributed by atoms with van der Waals surface area (Å²) in [6.45, 7) is 0.556. The Morgan fingerprint density at radius 1 is 0.966 bits per heavy atom. The van der Waals surface area contributed by atoms with Gasteiger partial charge in [0.15, 0.2) is 0 Å². The summed E-state index contributed by atoms with van der Waals surface area (Å²) in [7, 11) is 0. The van der Waals surface area contributed by atoms with Gasteiger partial charge in [0, 0.05) is 15.4 Å². The average Bonchev–Trinajstić information content (AvgIpc) is 3.23. The van der Waals surface area contributed by atoms with Crippen LogP contribution < -0.4 is 10.2 Å². The topological polar surface area (TPSA) is 46.5 Å². The average molecular weight is 464 g/mol. The van der Waals surface area contributed by atoms with Gasteiger partial charge in [-0.15, -0.1) is 11.3 Å². The molecule has 144 valence electrons. The molecule has 0 bridgehead atoms. The van der Waals surface area contributed by atoms with E-state index in [1.807, 2.05) is 84.2 Å². The minimum Gasteiger partial charge on any atom is -0.489 e. The molecule has 0 aliphatic rings. The maximum atomic E-state index is 5.80. The van der Waals surface area contributed by atoms with Crippen LogP contribution in [0, 0.1) is 0 Å². The normalized spacial score (nSPS) is 10.9. The molecule has 1 heterocycles. The Morgan fingerprint density at radius 3 is 2.48 bits per heavy atom. The molecule has 0 atom stereocenters. The Labute approximate surface area is 182 Å². The van der Waals surface area contributed by atoms with Crippen LogP contribution in [-0.2, 0) is 6.61 Å². The van der Waals surface area contributed by atoms with Gasteiger partial charge in [0.05, 0.1) is 11.9 Å². The molecule has 0 radical (unpaired) electrons. The summed E-state index contributed by atoms with van der Waals surface area (Å²) in [6.07, 6.45) is 1.77. The van der Waals surface area contributed by atoms with Crippen molar-refractivity contribution in [3.05, 3.63) is 99.8 Å². The molecule has 3 aromatic carbocycles. The lowest BCUT2D eigenvalue weighted by Crippen LogP contribution is -1.95. The number of hydrogen-bond donors (Lipinski definition) is 1. The SMILES string of the molecule is Brc1ccc(-c2csc(N/N=C/c3ccc(OCc4ccccc4)cc3)n2)cc1. The van der Waals surface area contributed by atoms with E-state index in [2.05, 4.69) is 31.4 Å². The first kappa shape index (κ1) is 19.4. The van der Waals surface area contributed by atoms with Crippen LogP contribution in [0.25, 0.3) is 11.3 Å². The van der Waals surface area contributed by atoms with Crippen LogP contribution in [0.1, 0.15) is 11.1 Å². The lowest BCUT2D eigenvalue weighted by Gasteiger charge is -2.06. The molecule has 0 amide bonds. The number of rotatable bonds is 7. The second-order valence-electron chi connectivity index (χ2n) is 6.26. The fourth-order valence-electron chi connectivity index (χ4n) is 2.63. The molecular formula is C23H18BrN3OS. The molecule has 29 heavy (non-hydrogen) atoms. The first-order valence-corrected chi connectivity index (χ1v) is 10.7. The van der Waals surface area contributed by atoms with Crippen LogP contribution >= 0.6 is 27.3 Å². The number of hydrogen-bond acceptors (Lipinski definition) is 5. The summed E-state index contributed by atoms with van der Waals surface area (Å²) >= 11 is 4.97. The van der Waals surface area contributed by atoms with E-state index in [1.165, 1.54) is 11.3 Å². The van der Waals surface area contributed by atoms with E-state index in [1.54, 1.807) is 6.21 Å². The minimum atomic E-state index is 0.556. The van der Waals surface area contributed by atoms with Gasteiger partial charge in [-0.1, -0.05) is 58.4 Å². The highest BCUT2D eigenvalue weighted by Crippen LogP contribution is 2.26. The second-order valence-corrected chi connectivity index (χ2v) is 8.03. The summed E-state index contributed by atoms with van der Waals surface area (Å²) in [5.41, 5.74) is 7.13. The summed E-state index contributed by atoms with van der Waals surface area (Å²) in [5, 5.41) is 7.05. The number of halogens is 1. The number of nitrogens with one attached hydrogen (secondary N) is 1. The highest BCUT2D eigenvalue weighted by Gasteiger charge is 2.03. The van der Waals surface area contributed by atoms with Crippen molar-refractivity contribution in [2.45, 2.75) is 6.61 Å². The number of benzene rings is 3. The Morgan fingerprint density at radius 2 is 1.72 bits per heavy atom. The Hall–Kier alpha value is -2.96. The van der Waals surface area contributed by atoms with Crippen LogP contribution in [0.5, 0.6) is 5.75 Å². The number of thiazole rings is 1. The molecule has 0 spiro atoms.